The highest BCUT2D eigenvalue weighted by molar-refractivity contribution is 7.80. The zero-order valence-corrected chi connectivity index (χ0v) is 12.6. The first-order valence-electron chi connectivity index (χ1n) is 6.15. The van der Waals surface area contributed by atoms with Gasteiger partial charge >= 0.3 is 0 Å². The van der Waals surface area contributed by atoms with Gasteiger partial charge in [0.25, 0.3) is 0 Å². The minimum atomic E-state index is -0.509. The first-order chi connectivity index (χ1) is 8.79. The van der Waals surface area contributed by atoms with Gasteiger partial charge in [0, 0.05) is 24.8 Å². The van der Waals surface area contributed by atoms with E-state index in [1.54, 1.807) is 7.05 Å². The molecule has 0 aliphatic heterocycles. The largest absolute Gasteiger partial charge is 0.389 e. The van der Waals surface area contributed by atoms with E-state index in [2.05, 4.69) is 10.6 Å². The number of nitrogens with two attached hydrogens (primary N) is 1. The van der Waals surface area contributed by atoms with Crippen molar-refractivity contribution < 1.29 is 4.79 Å². The first-order valence-corrected chi connectivity index (χ1v) is 6.56. The van der Waals surface area contributed by atoms with Gasteiger partial charge in [0.15, 0.2) is 0 Å². The topological polar surface area (TPSA) is 67.2 Å². The number of benzene rings is 1. The van der Waals surface area contributed by atoms with Crippen LogP contribution >= 0.6 is 12.2 Å². The van der Waals surface area contributed by atoms with E-state index < -0.39 is 5.41 Å². The van der Waals surface area contributed by atoms with Gasteiger partial charge in [-0.2, -0.15) is 0 Å². The van der Waals surface area contributed by atoms with Crippen molar-refractivity contribution in [2.24, 2.45) is 11.1 Å². The SMILES string of the molecule is CNC(=O)C(C)(C)CNc1c(C)cccc1C(N)=S. The molecule has 0 aliphatic carbocycles. The zero-order valence-electron chi connectivity index (χ0n) is 11.8. The van der Waals surface area contributed by atoms with E-state index in [0.29, 0.717) is 11.5 Å². The van der Waals surface area contributed by atoms with Gasteiger partial charge in [0.05, 0.1) is 5.41 Å². The number of hydrogen-bond donors (Lipinski definition) is 3. The maximum Gasteiger partial charge on any atom is 0.227 e. The van der Waals surface area contributed by atoms with Crippen LogP contribution in [0.15, 0.2) is 18.2 Å². The van der Waals surface area contributed by atoms with Gasteiger partial charge in [0.1, 0.15) is 4.99 Å². The molecule has 0 fully saturated rings. The maximum atomic E-state index is 11.8. The molecule has 0 heterocycles. The van der Waals surface area contributed by atoms with E-state index in [-0.39, 0.29) is 5.91 Å². The third-order valence-corrected chi connectivity index (χ3v) is 3.31. The molecule has 0 saturated carbocycles. The van der Waals surface area contributed by atoms with Crippen molar-refractivity contribution in [1.82, 2.24) is 5.32 Å². The Morgan fingerprint density at radius 1 is 1.42 bits per heavy atom. The Morgan fingerprint density at radius 2 is 2.05 bits per heavy atom. The average molecular weight is 279 g/mol. The van der Waals surface area contributed by atoms with E-state index in [1.807, 2.05) is 39.0 Å². The summed E-state index contributed by atoms with van der Waals surface area (Å²) in [5.74, 6) is -0.00883. The lowest BCUT2D eigenvalue weighted by Crippen LogP contribution is -2.39. The number of nitrogens with one attached hydrogen (secondary N) is 2. The molecule has 104 valence electrons. The number of hydrogen-bond acceptors (Lipinski definition) is 3. The Hall–Kier alpha value is -1.62. The van der Waals surface area contributed by atoms with Crippen molar-refractivity contribution in [3.8, 4) is 0 Å². The second-order valence-corrected chi connectivity index (χ2v) is 5.62. The highest BCUT2D eigenvalue weighted by atomic mass is 32.1. The van der Waals surface area contributed by atoms with Crippen LogP contribution in [0.2, 0.25) is 0 Å². The number of rotatable bonds is 5. The molecule has 1 aromatic rings. The lowest BCUT2D eigenvalue weighted by molar-refractivity contribution is -0.128. The molecule has 1 amide bonds. The van der Waals surface area contributed by atoms with Crippen molar-refractivity contribution in [3.05, 3.63) is 29.3 Å². The molecule has 0 unspecified atom stereocenters. The van der Waals surface area contributed by atoms with Gasteiger partial charge in [-0.05, 0) is 32.4 Å². The Kier molecular flexibility index (Phi) is 4.89. The second-order valence-electron chi connectivity index (χ2n) is 5.18. The van der Waals surface area contributed by atoms with Crippen LogP contribution in [0.5, 0.6) is 0 Å². The summed E-state index contributed by atoms with van der Waals surface area (Å²) in [6.45, 7) is 6.26. The second kappa shape index (κ2) is 6.02. The number of amides is 1. The first kappa shape index (κ1) is 15.4. The van der Waals surface area contributed by atoms with E-state index in [9.17, 15) is 4.79 Å². The number of carbonyl (C=O) groups excluding carboxylic acids is 1. The van der Waals surface area contributed by atoms with Crippen LogP contribution in [0.3, 0.4) is 0 Å². The van der Waals surface area contributed by atoms with E-state index in [0.717, 1.165) is 16.8 Å². The third kappa shape index (κ3) is 3.67. The fourth-order valence-corrected chi connectivity index (χ4v) is 2.01. The summed E-state index contributed by atoms with van der Waals surface area (Å²) in [5, 5.41) is 5.95. The lowest BCUT2D eigenvalue weighted by Gasteiger charge is -2.25. The number of carbonyl (C=O) groups is 1. The molecule has 0 radical (unpaired) electrons. The van der Waals surface area contributed by atoms with Crippen LogP contribution in [0.25, 0.3) is 0 Å². The smallest absolute Gasteiger partial charge is 0.227 e. The maximum absolute atomic E-state index is 11.8. The standard InChI is InChI=1S/C14H21N3OS/c1-9-6-5-7-10(12(15)19)11(9)17-8-14(2,3)13(18)16-4/h5-7,17H,8H2,1-4H3,(H2,15,19)(H,16,18). The molecule has 0 atom stereocenters. The Morgan fingerprint density at radius 3 is 2.58 bits per heavy atom. The fourth-order valence-electron chi connectivity index (χ4n) is 1.84. The number of aryl methyl sites for hydroxylation is 1. The number of anilines is 1. The van der Waals surface area contributed by atoms with Gasteiger partial charge in [0.2, 0.25) is 5.91 Å². The van der Waals surface area contributed by atoms with Crippen molar-refractivity contribution in [3.63, 3.8) is 0 Å². The molecule has 0 bridgehead atoms. The van der Waals surface area contributed by atoms with Crippen LogP contribution < -0.4 is 16.4 Å². The summed E-state index contributed by atoms with van der Waals surface area (Å²) in [4.78, 5) is 12.1. The lowest BCUT2D eigenvalue weighted by atomic mass is 9.92. The fraction of sp³-hybridized carbons (Fsp3) is 0.429. The van der Waals surface area contributed by atoms with Crippen molar-refractivity contribution in [1.29, 1.82) is 0 Å². The molecule has 0 aromatic heterocycles. The van der Waals surface area contributed by atoms with E-state index >= 15 is 0 Å². The molecule has 1 aromatic carbocycles. The van der Waals surface area contributed by atoms with Gasteiger partial charge in [-0.15, -0.1) is 0 Å². The molecule has 0 saturated heterocycles. The molecule has 1 rings (SSSR count). The average Bonchev–Trinajstić information content (AvgIpc) is 2.35. The van der Waals surface area contributed by atoms with E-state index in [1.165, 1.54) is 0 Å². The van der Waals surface area contributed by atoms with Gasteiger partial charge in [-0.1, -0.05) is 24.4 Å². The molecule has 0 spiro atoms. The molecule has 4 nitrogen and oxygen atoms in total. The predicted octanol–water partition coefficient (Wildman–Crippen LogP) is 1.81. The molecule has 5 heteroatoms. The van der Waals surface area contributed by atoms with Crippen molar-refractivity contribution >= 4 is 28.8 Å². The summed E-state index contributed by atoms with van der Waals surface area (Å²) in [6.07, 6.45) is 0. The van der Waals surface area contributed by atoms with Crippen LogP contribution in [0.4, 0.5) is 5.69 Å². The van der Waals surface area contributed by atoms with Crippen molar-refractivity contribution in [2.75, 3.05) is 18.9 Å². The highest BCUT2D eigenvalue weighted by Gasteiger charge is 2.26. The molecule has 4 N–H and O–H groups in total. The summed E-state index contributed by atoms with van der Waals surface area (Å²) >= 11 is 5.05. The quantitative estimate of drug-likeness (QED) is 0.719. The molecule has 0 aliphatic rings. The van der Waals surface area contributed by atoms with Crippen molar-refractivity contribution in [2.45, 2.75) is 20.8 Å². The van der Waals surface area contributed by atoms with Gasteiger partial charge in [-0.3, -0.25) is 4.79 Å². The minimum Gasteiger partial charge on any atom is -0.389 e. The van der Waals surface area contributed by atoms with Crippen LogP contribution in [-0.4, -0.2) is 24.5 Å². The Labute approximate surface area is 119 Å². The summed E-state index contributed by atoms with van der Waals surface area (Å²) in [5.41, 5.74) is 7.97. The predicted molar refractivity (Wildman–Crippen MR) is 83.4 cm³/mol. The molecular formula is C14H21N3OS. The molecular weight excluding hydrogens is 258 g/mol. The molecule has 19 heavy (non-hydrogen) atoms. The Bertz CT molecular complexity index is 497. The zero-order chi connectivity index (χ0) is 14.6. The normalized spacial score (nSPS) is 10.9. The van der Waals surface area contributed by atoms with Gasteiger partial charge in [-0.25, -0.2) is 0 Å². The Balaban J connectivity index is 2.95. The van der Waals surface area contributed by atoms with E-state index in [4.69, 9.17) is 18.0 Å². The number of para-hydroxylation sites is 1. The highest BCUT2D eigenvalue weighted by Crippen LogP contribution is 2.23. The monoisotopic (exact) mass is 279 g/mol. The summed E-state index contributed by atoms with van der Waals surface area (Å²) < 4.78 is 0. The summed E-state index contributed by atoms with van der Waals surface area (Å²) in [7, 11) is 1.64. The van der Waals surface area contributed by atoms with Crippen LogP contribution in [0, 0.1) is 12.3 Å². The summed E-state index contributed by atoms with van der Waals surface area (Å²) in [6, 6.07) is 5.78. The third-order valence-electron chi connectivity index (χ3n) is 3.09. The van der Waals surface area contributed by atoms with Crippen LogP contribution in [0.1, 0.15) is 25.0 Å². The van der Waals surface area contributed by atoms with Crippen LogP contribution in [-0.2, 0) is 4.79 Å². The minimum absolute atomic E-state index is 0.00883. The number of thiocarbonyl (C=S) groups is 1. The van der Waals surface area contributed by atoms with Gasteiger partial charge < -0.3 is 16.4 Å².